The number of sulfonamides is 1. The Labute approximate surface area is 284 Å². The molecular formula is C34H42N3NaO5S. The van der Waals surface area contributed by atoms with Crippen LogP contribution in [0.5, 0.6) is 5.75 Å². The van der Waals surface area contributed by atoms with E-state index in [1.165, 1.54) is 13.2 Å². The summed E-state index contributed by atoms with van der Waals surface area (Å²) in [5, 5.41) is 4.10. The van der Waals surface area contributed by atoms with Crippen molar-refractivity contribution < 1.29 is 53.7 Å². The molecule has 1 unspecified atom stereocenters. The molecule has 1 aromatic heterocycles. The molecule has 4 rings (SSSR count). The van der Waals surface area contributed by atoms with Gasteiger partial charge in [-0.1, -0.05) is 51.1 Å². The SMILES string of the molecule is CCCNC(=O)C(C)Cc1ccc2c(c1)c(Cc1ccc(C(=O)NS(=O)(=O)c3ccccc3C)cc1OC)cn2CCC.[H-].[Na+]. The number of aromatic nitrogens is 1. The monoisotopic (exact) mass is 627 g/mol. The minimum Gasteiger partial charge on any atom is -1.00 e. The summed E-state index contributed by atoms with van der Waals surface area (Å²) in [7, 11) is -2.50. The summed E-state index contributed by atoms with van der Waals surface area (Å²) in [6, 6.07) is 17.9. The van der Waals surface area contributed by atoms with E-state index >= 15 is 0 Å². The molecule has 44 heavy (non-hydrogen) atoms. The molecule has 0 radical (unpaired) electrons. The molecule has 0 saturated carbocycles. The molecule has 1 heterocycles. The molecule has 0 saturated heterocycles. The number of hydrogen-bond acceptors (Lipinski definition) is 5. The van der Waals surface area contributed by atoms with Gasteiger partial charge in [0, 0.05) is 48.1 Å². The van der Waals surface area contributed by atoms with Crippen LogP contribution < -0.4 is 44.3 Å². The predicted molar refractivity (Wildman–Crippen MR) is 171 cm³/mol. The van der Waals surface area contributed by atoms with E-state index in [9.17, 15) is 18.0 Å². The molecule has 0 bridgehead atoms. The standard InChI is InChI=1S/C34H41N3O5S.Na.H/c1-6-16-35-33(38)24(4)18-25-12-15-30-29(19-25)28(22-37(30)17-7-2)20-26-13-14-27(21-31(26)42-5)34(39)36-43(40,41)32-11-9-8-10-23(32)3;;/h8-15,19,21-22,24H,6-7,16-18,20H2,1-5H3,(H,35,38)(H,36,39);;/q;+1;-1. The van der Waals surface area contributed by atoms with Crippen molar-refractivity contribution >= 4 is 32.7 Å². The first-order chi connectivity index (χ1) is 20.6. The van der Waals surface area contributed by atoms with Gasteiger partial charge in [0.15, 0.2) is 0 Å². The van der Waals surface area contributed by atoms with Gasteiger partial charge in [0.2, 0.25) is 5.91 Å². The fourth-order valence-electron chi connectivity index (χ4n) is 5.31. The minimum atomic E-state index is -4.03. The number of ether oxygens (including phenoxy) is 1. The molecule has 2 amide bonds. The van der Waals surface area contributed by atoms with Crippen molar-refractivity contribution in [2.45, 2.75) is 64.8 Å². The first-order valence-corrected chi connectivity index (χ1v) is 16.2. The number of rotatable bonds is 13. The van der Waals surface area contributed by atoms with Gasteiger partial charge in [0.25, 0.3) is 15.9 Å². The maximum atomic E-state index is 13.0. The van der Waals surface area contributed by atoms with Crippen LogP contribution in [0, 0.1) is 12.8 Å². The smallest absolute Gasteiger partial charge is 1.00 e. The Morgan fingerprint density at radius 1 is 1.00 bits per heavy atom. The number of hydrogen-bond donors (Lipinski definition) is 2. The second kappa shape index (κ2) is 15.8. The van der Waals surface area contributed by atoms with Crippen LogP contribution in [-0.4, -0.2) is 38.5 Å². The number of aryl methyl sites for hydroxylation is 2. The maximum Gasteiger partial charge on any atom is 1.00 e. The number of methoxy groups -OCH3 is 1. The molecule has 0 spiro atoms. The molecule has 1 atom stereocenters. The molecule has 0 aliphatic rings. The number of fused-ring (bicyclic) bond motifs is 1. The Balaban J connectivity index is 0.00000353. The topological polar surface area (TPSA) is 106 Å². The Kier molecular flexibility index (Phi) is 12.7. The second-order valence-corrected chi connectivity index (χ2v) is 12.6. The quantitative estimate of drug-likeness (QED) is 0.222. The average Bonchev–Trinajstić information content (AvgIpc) is 3.32. The Bertz CT molecular complexity index is 1740. The molecule has 0 fully saturated rings. The normalized spacial score (nSPS) is 11.9. The average molecular weight is 628 g/mol. The summed E-state index contributed by atoms with van der Waals surface area (Å²) in [6.07, 6.45) is 5.24. The van der Waals surface area contributed by atoms with Crippen LogP contribution >= 0.6 is 0 Å². The summed E-state index contributed by atoms with van der Waals surface area (Å²) in [6.45, 7) is 9.36. The van der Waals surface area contributed by atoms with Gasteiger partial charge in [-0.05, 0) is 78.8 Å². The first-order valence-electron chi connectivity index (χ1n) is 14.8. The van der Waals surface area contributed by atoms with E-state index in [0.29, 0.717) is 30.7 Å². The van der Waals surface area contributed by atoms with Crippen LogP contribution in [0.3, 0.4) is 0 Å². The second-order valence-electron chi connectivity index (χ2n) is 11.0. The summed E-state index contributed by atoms with van der Waals surface area (Å²) < 4.78 is 35.8. The van der Waals surface area contributed by atoms with Gasteiger partial charge >= 0.3 is 29.6 Å². The van der Waals surface area contributed by atoms with Crippen LogP contribution in [0.1, 0.15) is 67.7 Å². The van der Waals surface area contributed by atoms with E-state index in [0.717, 1.165) is 47.0 Å². The van der Waals surface area contributed by atoms with E-state index in [-0.39, 0.29) is 53.3 Å². The minimum absolute atomic E-state index is 0. The van der Waals surface area contributed by atoms with E-state index in [2.05, 4.69) is 45.9 Å². The zero-order valence-electron chi connectivity index (χ0n) is 27.6. The van der Waals surface area contributed by atoms with E-state index in [1.54, 1.807) is 43.3 Å². The third-order valence-electron chi connectivity index (χ3n) is 7.57. The number of nitrogens with one attached hydrogen (secondary N) is 2. The summed E-state index contributed by atoms with van der Waals surface area (Å²) in [5.41, 5.74) is 4.93. The summed E-state index contributed by atoms with van der Waals surface area (Å²) in [5.74, 6) is -0.311. The third-order valence-corrected chi connectivity index (χ3v) is 9.06. The third kappa shape index (κ3) is 8.33. The van der Waals surface area contributed by atoms with Crippen LogP contribution in [0.4, 0.5) is 0 Å². The molecule has 4 aromatic rings. The number of carbonyl (C=O) groups excluding carboxylic acids is 2. The number of nitrogens with zero attached hydrogens (tertiary/aromatic N) is 1. The van der Waals surface area contributed by atoms with Crippen molar-refractivity contribution in [3.63, 3.8) is 0 Å². The van der Waals surface area contributed by atoms with Crippen LogP contribution in [0.2, 0.25) is 0 Å². The molecule has 0 aliphatic heterocycles. The molecular weight excluding hydrogens is 585 g/mol. The Hall–Kier alpha value is -3.11. The van der Waals surface area contributed by atoms with Gasteiger partial charge in [-0.2, -0.15) is 0 Å². The van der Waals surface area contributed by atoms with E-state index < -0.39 is 15.9 Å². The van der Waals surface area contributed by atoms with Crippen LogP contribution in [0.25, 0.3) is 10.9 Å². The van der Waals surface area contributed by atoms with Gasteiger partial charge < -0.3 is 16.0 Å². The summed E-state index contributed by atoms with van der Waals surface area (Å²) in [4.78, 5) is 25.5. The fraction of sp³-hybridized carbons (Fsp3) is 0.353. The van der Waals surface area contributed by atoms with Gasteiger partial charge in [-0.3, -0.25) is 9.59 Å². The van der Waals surface area contributed by atoms with E-state index in [4.69, 9.17) is 4.74 Å². The molecule has 3 aromatic carbocycles. The zero-order valence-corrected chi connectivity index (χ0v) is 29.4. The molecule has 8 nitrogen and oxygen atoms in total. The number of carbonyl (C=O) groups is 2. The first kappa shape index (κ1) is 35.4. The maximum absolute atomic E-state index is 13.0. The van der Waals surface area contributed by atoms with Crippen LogP contribution in [-0.2, 0) is 34.2 Å². The number of benzene rings is 3. The summed E-state index contributed by atoms with van der Waals surface area (Å²) >= 11 is 0. The molecule has 10 heteroatoms. The molecule has 2 N–H and O–H groups in total. The number of amides is 2. The van der Waals surface area contributed by atoms with Crippen LogP contribution in [0.15, 0.2) is 71.8 Å². The van der Waals surface area contributed by atoms with Gasteiger partial charge in [-0.15, -0.1) is 0 Å². The van der Waals surface area contributed by atoms with Gasteiger partial charge in [-0.25, -0.2) is 13.1 Å². The van der Waals surface area contributed by atoms with Crippen molar-refractivity contribution in [2.75, 3.05) is 13.7 Å². The molecule has 230 valence electrons. The van der Waals surface area contributed by atoms with Gasteiger partial charge in [0.05, 0.1) is 12.0 Å². The van der Waals surface area contributed by atoms with Crippen molar-refractivity contribution in [3.8, 4) is 5.75 Å². The van der Waals surface area contributed by atoms with Crippen molar-refractivity contribution in [2.24, 2.45) is 5.92 Å². The fourth-order valence-corrected chi connectivity index (χ4v) is 6.53. The van der Waals surface area contributed by atoms with Crippen molar-refractivity contribution in [1.82, 2.24) is 14.6 Å². The Morgan fingerprint density at radius 3 is 2.43 bits per heavy atom. The molecule has 0 aliphatic carbocycles. The van der Waals surface area contributed by atoms with Crippen molar-refractivity contribution in [1.29, 1.82) is 0 Å². The van der Waals surface area contributed by atoms with E-state index in [1.807, 2.05) is 13.8 Å². The van der Waals surface area contributed by atoms with Gasteiger partial charge in [0.1, 0.15) is 5.75 Å². The largest absolute Gasteiger partial charge is 1.00 e. The van der Waals surface area contributed by atoms with Crippen molar-refractivity contribution in [3.05, 3.63) is 94.7 Å². The zero-order chi connectivity index (χ0) is 31.1. The Morgan fingerprint density at radius 2 is 1.75 bits per heavy atom. The predicted octanol–water partition coefficient (Wildman–Crippen LogP) is 2.90.